The Balaban J connectivity index is 1.82. The molecule has 1 aliphatic heterocycles. The molecule has 1 atom stereocenters. The third-order valence-electron chi connectivity index (χ3n) is 3.64. The molecule has 1 aliphatic rings. The van der Waals surface area contributed by atoms with Crippen LogP contribution in [0.15, 0.2) is 24.3 Å². The molecule has 0 saturated carbocycles. The van der Waals surface area contributed by atoms with Crippen molar-refractivity contribution in [3.63, 3.8) is 0 Å². The fraction of sp³-hybridized carbons (Fsp3) is 0.333. The Hall–Kier alpha value is -2.29. The van der Waals surface area contributed by atoms with Crippen molar-refractivity contribution in [1.29, 1.82) is 0 Å². The van der Waals surface area contributed by atoms with E-state index in [9.17, 15) is 17.2 Å². The van der Waals surface area contributed by atoms with Crippen LogP contribution in [-0.2, 0) is 9.84 Å². The maximum atomic E-state index is 13.7. The first kappa shape index (κ1) is 16.6. The van der Waals surface area contributed by atoms with Crippen LogP contribution in [0, 0.1) is 18.6 Å². The van der Waals surface area contributed by atoms with Gasteiger partial charge in [-0.1, -0.05) is 6.07 Å². The van der Waals surface area contributed by atoms with Crippen LogP contribution in [0.3, 0.4) is 0 Å². The Labute approximate surface area is 138 Å². The number of nitrogens with one attached hydrogen (secondary N) is 2. The van der Waals surface area contributed by atoms with E-state index >= 15 is 0 Å². The summed E-state index contributed by atoms with van der Waals surface area (Å²) in [7, 11) is -3.02. The molecule has 1 unspecified atom stereocenters. The fourth-order valence-electron chi connectivity index (χ4n) is 2.55. The van der Waals surface area contributed by atoms with Gasteiger partial charge in [-0.2, -0.15) is 4.98 Å². The SMILES string of the molecule is Cc1cc(NC2CCS(=O)(=O)C2)nc(Nc2c(F)cccc2F)n1. The predicted octanol–water partition coefficient (Wildman–Crippen LogP) is 2.41. The highest BCUT2D eigenvalue weighted by Crippen LogP contribution is 2.23. The smallest absolute Gasteiger partial charge is 0.229 e. The number of hydrogen-bond acceptors (Lipinski definition) is 6. The number of halogens is 2. The van der Waals surface area contributed by atoms with E-state index in [4.69, 9.17) is 0 Å². The molecule has 2 heterocycles. The highest BCUT2D eigenvalue weighted by molar-refractivity contribution is 7.91. The lowest BCUT2D eigenvalue weighted by molar-refractivity contribution is 0.590. The maximum absolute atomic E-state index is 13.7. The van der Waals surface area contributed by atoms with Crippen LogP contribution < -0.4 is 10.6 Å². The van der Waals surface area contributed by atoms with Crippen molar-refractivity contribution in [3.05, 3.63) is 41.6 Å². The summed E-state index contributed by atoms with van der Waals surface area (Å²) in [6, 6.07) is 4.93. The van der Waals surface area contributed by atoms with Gasteiger partial charge in [0.2, 0.25) is 5.95 Å². The van der Waals surface area contributed by atoms with Crippen molar-refractivity contribution < 1.29 is 17.2 Å². The quantitative estimate of drug-likeness (QED) is 0.877. The van der Waals surface area contributed by atoms with E-state index < -0.39 is 21.5 Å². The van der Waals surface area contributed by atoms with Crippen LogP contribution in [0.25, 0.3) is 0 Å². The van der Waals surface area contributed by atoms with Gasteiger partial charge in [-0.15, -0.1) is 0 Å². The van der Waals surface area contributed by atoms with Crippen LogP contribution in [0.4, 0.5) is 26.2 Å². The maximum Gasteiger partial charge on any atom is 0.229 e. The molecule has 3 rings (SSSR count). The summed E-state index contributed by atoms with van der Waals surface area (Å²) in [5.74, 6) is -0.889. The molecule has 0 amide bonds. The molecule has 0 radical (unpaired) electrons. The molecular weight excluding hydrogens is 338 g/mol. The molecule has 24 heavy (non-hydrogen) atoms. The Kier molecular flexibility index (Phi) is 4.35. The lowest BCUT2D eigenvalue weighted by atomic mass is 10.2. The second-order valence-corrected chi connectivity index (χ2v) is 7.91. The van der Waals surface area contributed by atoms with E-state index in [0.29, 0.717) is 17.9 Å². The Morgan fingerprint density at radius 3 is 2.54 bits per heavy atom. The van der Waals surface area contributed by atoms with Gasteiger partial charge in [-0.05, 0) is 25.5 Å². The minimum atomic E-state index is -3.02. The average molecular weight is 354 g/mol. The van der Waals surface area contributed by atoms with Crippen molar-refractivity contribution >= 4 is 27.3 Å². The molecule has 0 spiro atoms. The zero-order valence-corrected chi connectivity index (χ0v) is 13.7. The van der Waals surface area contributed by atoms with Gasteiger partial charge >= 0.3 is 0 Å². The minimum Gasteiger partial charge on any atom is -0.366 e. The fourth-order valence-corrected chi connectivity index (χ4v) is 4.22. The Bertz CT molecular complexity index is 854. The summed E-state index contributed by atoms with van der Waals surface area (Å²) in [5, 5.41) is 5.57. The van der Waals surface area contributed by atoms with E-state index in [1.807, 2.05) is 0 Å². The lowest BCUT2D eigenvalue weighted by Crippen LogP contribution is -2.21. The summed E-state index contributed by atoms with van der Waals surface area (Å²) in [5.41, 5.74) is 0.241. The van der Waals surface area contributed by atoms with Gasteiger partial charge < -0.3 is 10.6 Å². The molecule has 2 aromatic rings. The number of rotatable bonds is 4. The normalized spacial score (nSPS) is 19.2. The number of nitrogens with zero attached hydrogens (tertiary/aromatic N) is 2. The second kappa shape index (κ2) is 6.31. The van der Waals surface area contributed by atoms with E-state index in [-0.39, 0.29) is 29.2 Å². The number of anilines is 3. The van der Waals surface area contributed by atoms with E-state index in [1.165, 1.54) is 6.07 Å². The zero-order valence-electron chi connectivity index (χ0n) is 12.9. The second-order valence-electron chi connectivity index (χ2n) is 5.68. The predicted molar refractivity (Wildman–Crippen MR) is 87.1 cm³/mol. The highest BCUT2D eigenvalue weighted by atomic mass is 32.2. The van der Waals surface area contributed by atoms with Crippen molar-refractivity contribution in [2.45, 2.75) is 19.4 Å². The molecule has 1 aromatic heterocycles. The molecule has 0 aliphatic carbocycles. The summed E-state index contributed by atoms with van der Waals surface area (Å²) >= 11 is 0. The molecular formula is C15H16F2N4O2S. The number of sulfone groups is 1. The molecule has 9 heteroatoms. The van der Waals surface area contributed by atoms with Crippen molar-refractivity contribution in [1.82, 2.24) is 9.97 Å². The zero-order chi connectivity index (χ0) is 17.3. The topological polar surface area (TPSA) is 84.0 Å². The molecule has 1 fully saturated rings. The first-order chi connectivity index (χ1) is 11.3. The average Bonchev–Trinajstić information content (AvgIpc) is 2.81. The van der Waals surface area contributed by atoms with Gasteiger partial charge in [-0.25, -0.2) is 22.2 Å². The molecule has 128 valence electrons. The molecule has 6 nitrogen and oxygen atoms in total. The largest absolute Gasteiger partial charge is 0.366 e. The Morgan fingerprint density at radius 1 is 1.21 bits per heavy atom. The van der Waals surface area contributed by atoms with Gasteiger partial charge in [0.25, 0.3) is 0 Å². The van der Waals surface area contributed by atoms with Crippen LogP contribution in [0.2, 0.25) is 0 Å². The van der Waals surface area contributed by atoms with E-state index in [0.717, 1.165) is 12.1 Å². The summed E-state index contributed by atoms with van der Waals surface area (Å²) in [6.45, 7) is 1.71. The summed E-state index contributed by atoms with van der Waals surface area (Å²) in [4.78, 5) is 8.26. The van der Waals surface area contributed by atoms with Gasteiger partial charge in [-0.3, -0.25) is 0 Å². The highest BCUT2D eigenvalue weighted by Gasteiger charge is 2.28. The van der Waals surface area contributed by atoms with Crippen LogP contribution in [0.5, 0.6) is 0 Å². The van der Waals surface area contributed by atoms with E-state index in [2.05, 4.69) is 20.6 Å². The minimum absolute atomic E-state index is 0.0300. The first-order valence-corrected chi connectivity index (χ1v) is 9.18. The van der Waals surface area contributed by atoms with Crippen molar-refractivity contribution in [2.24, 2.45) is 0 Å². The van der Waals surface area contributed by atoms with Gasteiger partial charge in [0, 0.05) is 17.8 Å². The molecule has 1 saturated heterocycles. The van der Waals surface area contributed by atoms with Crippen LogP contribution in [-0.4, -0.2) is 35.9 Å². The number of benzene rings is 1. The monoisotopic (exact) mass is 354 g/mol. The lowest BCUT2D eigenvalue weighted by Gasteiger charge is -2.14. The van der Waals surface area contributed by atoms with E-state index in [1.54, 1.807) is 13.0 Å². The van der Waals surface area contributed by atoms with Crippen LogP contribution >= 0.6 is 0 Å². The Morgan fingerprint density at radius 2 is 1.92 bits per heavy atom. The summed E-state index contributed by atoms with van der Waals surface area (Å²) < 4.78 is 50.4. The third-order valence-corrected chi connectivity index (χ3v) is 5.41. The third kappa shape index (κ3) is 3.78. The van der Waals surface area contributed by atoms with Crippen molar-refractivity contribution in [3.8, 4) is 0 Å². The first-order valence-electron chi connectivity index (χ1n) is 7.36. The standard InChI is InChI=1S/C15H16F2N4O2S/c1-9-7-13(19-10-5-6-24(22,23)8-10)20-15(18-9)21-14-11(16)3-2-4-12(14)17/h2-4,7,10H,5-6,8H2,1H3,(H2,18,19,20,21). The molecule has 0 bridgehead atoms. The molecule has 1 aromatic carbocycles. The van der Waals surface area contributed by atoms with Crippen LogP contribution in [0.1, 0.15) is 12.1 Å². The molecule has 2 N–H and O–H groups in total. The number of aromatic nitrogens is 2. The summed E-state index contributed by atoms with van der Waals surface area (Å²) in [6.07, 6.45) is 0.496. The van der Waals surface area contributed by atoms with Gasteiger partial charge in [0.15, 0.2) is 9.84 Å². The van der Waals surface area contributed by atoms with Gasteiger partial charge in [0.05, 0.1) is 11.5 Å². The number of para-hydroxylation sites is 1. The van der Waals surface area contributed by atoms with Crippen molar-refractivity contribution in [2.75, 3.05) is 22.1 Å². The number of aryl methyl sites for hydroxylation is 1. The van der Waals surface area contributed by atoms with Gasteiger partial charge in [0.1, 0.15) is 23.1 Å². The number of hydrogen-bond donors (Lipinski definition) is 2.